The number of hydrogen-bond acceptors (Lipinski definition) is 6. The first-order valence-electron chi connectivity index (χ1n) is 9.28. The van der Waals surface area contributed by atoms with E-state index in [9.17, 15) is 14.7 Å². The van der Waals surface area contributed by atoms with Gasteiger partial charge in [-0.05, 0) is 38.5 Å². The minimum Gasteiger partial charge on any atom is -0.444 e. The van der Waals surface area contributed by atoms with E-state index in [1.54, 1.807) is 32.9 Å². The molecule has 29 heavy (non-hydrogen) atoms. The van der Waals surface area contributed by atoms with Crippen molar-refractivity contribution in [1.29, 1.82) is 0 Å². The van der Waals surface area contributed by atoms with Gasteiger partial charge in [0.05, 0.1) is 12.6 Å². The first-order valence-corrected chi connectivity index (χ1v) is 9.28. The number of benzene rings is 1. The van der Waals surface area contributed by atoms with Crippen LogP contribution in [0.15, 0.2) is 48.7 Å². The summed E-state index contributed by atoms with van der Waals surface area (Å²) in [5.74, 6) is 0. The summed E-state index contributed by atoms with van der Waals surface area (Å²) < 4.78 is 10.4. The second kappa shape index (κ2) is 10.4. The average molecular weight is 401 g/mol. The molecule has 0 spiro atoms. The molecule has 8 nitrogen and oxygen atoms in total. The lowest BCUT2D eigenvalue weighted by Crippen LogP contribution is -2.42. The van der Waals surface area contributed by atoms with Gasteiger partial charge in [0, 0.05) is 24.0 Å². The molecule has 0 bridgehead atoms. The van der Waals surface area contributed by atoms with Crippen LogP contribution in [0.4, 0.5) is 15.3 Å². The number of rotatable bonds is 7. The van der Waals surface area contributed by atoms with E-state index in [-0.39, 0.29) is 19.6 Å². The van der Waals surface area contributed by atoms with Crippen molar-refractivity contribution < 1.29 is 24.2 Å². The molecular weight excluding hydrogens is 374 g/mol. The number of carbonyl (C=O) groups excluding carboxylic acids is 2. The Kier molecular flexibility index (Phi) is 7.97. The van der Waals surface area contributed by atoms with Gasteiger partial charge in [0.2, 0.25) is 0 Å². The quantitative estimate of drug-likeness (QED) is 0.657. The number of aliphatic hydroxyl groups excluding tert-OH is 1. The third-order valence-electron chi connectivity index (χ3n) is 3.67. The van der Waals surface area contributed by atoms with Gasteiger partial charge in [0.25, 0.3) is 0 Å². The van der Waals surface area contributed by atoms with Crippen molar-refractivity contribution in [2.75, 3.05) is 11.9 Å². The first-order chi connectivity index (χ1) is 13.7. The van der Waals surface area contributed by atoms with Gasteiger partial charge in [-0.1, -0.05) is 30.3 Å². The maximum absolute atomic E-state index is 12.0. The summed E-state index contributed by atoms with van der Waals surface area (Å²) in [6.45, 7) is 5.16. The minimum atomic E-state index is -0.633. The molecule has 3 N–H and O–H groups in total. The van der Waals surface area contributed by atoms with Gasteiger partial charge in [0.1, 0.15) is 12.2 Å². The van der Waals surface area contributed by atoms with Crippen molar-refractivity contribution in [2.45, 2.75) is 45.4 Å². The molecule has 0 aliphatic heterocycles. The molecule has 0 aliphatic carbocycles. The molecule has 0 unspecified atom stereocenters. The zero-order valence-electron chi connectivity index (χ0n) is 16.8. The lowest BCUT2D eigenvalue weighted by Gasteiger charge is -2.22. The first kappa shape index (κ1) is 22.2. The van der Waals surface area contributed by atoms with Crippen LogP contribution in [-0.4, -0.2) is 40.5 Å². The Balaban J connectivity index is 1.88. The molecule has 0 radical (unpaired) electrons. The number of ether oxygens (including phenoxy) is 2. The number of aromatic nitrogens is 1. The fraction of sp³-hybridized carbons (Fsp3) is 0.381. The molecule has 1 atom stereocenters. The number of hydrogen-bond donors (Lipinski definition) is 3. The molecule has 0 saturated heterocycles. The minimum absolute atomic E-state index is 0.164. The van der Waals surface area contributed by atoms with Crippen LogP contribution < -0.4 is 10.6 Å². The Bertz CT molecular complexity index is 805. The molecule has 1 heterocycles. The molecule has 2 aromatic rings. The van der Waals surface area contributed by atoms with Crippen LogP contribution in [0.3, 0.4) is 0 Å². The van der Waals surface area contributed by atoms with Crippen molar-refractivity contribution in [3.05, 3.63) is 59.9 Å². The fourth-order valence-electron chi connectivity index (χ4n) is 2.43. The smallest absolute Gasteiger partial charge is 0.411 e. The summed E-state index contributed by atoms with van der Waals surface area (Å²) >= 11 is 0. The van der Waals surface area contributed by atoms with Crippen LogP contribution in [0.1, 0.15) is 32.0 Å². The monoisotopic (exact) mass is 401 g/mol. The summed E-state index contributed by atoms with van der Waals surface area (Å²) in [7, 11) is 0. The highest BCUT2D eigenvalue weighted by atomic mass is 16.6. The third-order valence-corrected chi connectivity index (χ3v) is 3.67. The molecule has 2 rings (SSSR count). The lowest BCUT2D eigenvalue weighted by molar-refractivity contribution is 0.0482. The van der Waals surface area contributed by atoms with Crippen LogP contribution in [0.5, 0.6) is 0 Å². The molecule has 8 heteroatoms. The standard InChI is InChI=1S/C21H27N3O5/c1-21(2,3)29-20(27)24-18(13-25)12-17-11-16(9-10-22-17)23-19(26)28-14-15-7-5-4-6-8-15/h4-11,18,25H,12-14H2,1-3H3,(H,24,27)(H,22,23,26)/t18-/m0/s1. The van der Waals surface area contributed by atoms with Gasteiger partial charge >= 0.3 is 12.2 Å². The number of alkyl carbamates (subject to hydrolysis) is 1. The van der Waals surface area contributed by atoms with E-state index in [4.69, 9.17) is 9.47 Å². The Labute approximate surface area is 170 Å². The maximum Gasteiger partial charge on any atom is 0.411 e. The van der Waals surface area contributed by atoms with E-state index in [1.807, 2.05) is 30.3 Å². The van der Waals surface area contributed by atoms with Crippen LogP contribution in [0.25, 0.3) is 0 Å². The lowest BCUT2D eigenvalue weighted by atomic mass is 10.1. The number of carbonyl (C=O) groups is 2. The summed E-state index contributed by atoms with van der Waals surface area (Å²) in [6, 6.07) is 12.1. The highest BCUT2D eigenvalue weighted by molar-refractivity contribution is 5.84. The Morgan fingerprint density at radius 2 is 1.86 bits per heavy atom. The van der Waals surface area contributed by atoms with Gasteiger partial charge in [-0.3, -0.25) is 10.3 Å². The number of nitrogens with one attached hydrogen (secondary N) is 2. The maximum atomic E-state index is 12.0. The summed E-state index contributed by atoms with van der Waals surface area (Å²) in [4.78, 5) is 28.1. The van der Waals surface area contributed by atoms with Gasteiger partial charge in [-0.2, -0.15) is 0 Å². The van der Waals surface area contributed by atoms with E-state index in [0.717, 1.165) is 5.56 Å². The van der Waals surface area contributed by atoms with Gasteiger partial charge in [-0.25, -0.2) is 9.59 Å². The number of aliphatic hydroxyl groups is 1. The SMILES string of the molecule is CC(C)(C)OC(=O)N[C@H](CO)Cc1cc(NC(=O)OCc2ccccc2)ccn1. The Hall–Kier alpha value is -3.13. The van der Waals surface area contributed by atoms with E-state index in [0.29, 0.717) is 11.4 Å². The molecule has 0 fully saturated rings. The van der Waals surface area contributed by atoms with Crippen molar-refractivity contribution in [2.24, 2.45) is 0 Å². The molecule has 0 saturated carbocycles. The average Bonchev–Trinajstić information content (AvgIpc) is 2.65. The normalized spacial score (nSPS) is 12.0. The number of amides is 2. The second-order valence-corrected chi connectivity index (χ2v) is 7.45. The largest absolute Gasteiger partial charge is 0.444 e. The van der Waals surface area contributed by atoms with Crippen LogP contribution in [0, 0.1) is 0 Å². The van der Waals surface area contributed by atoms with Gasteiger partial charge in [-0.15, -0.1) is 0 Å². The zero-order chi connectivity index (χ0) is 21.3. The third kappa shape index (κ3) is 8.61. The number of pyridine rings is 1. The summed E-state index contributed by atoms with van der Waals surface area (Å²) in [6.07, 6.45) is 0.598. The molecule has 1 aromatic carbocycles. The Morgan fingerprint density at radius 3 is 2.52 bits per heavy atom. The topological polar surface area (TPSA) is 110 Å². The van der Waals surface area contributed by atoms with Crippen molar-refractivity contribution in [1.82, 2.24) is 10.3 Å². The molecule has 2 amide bonds. The predicted molar refractivity (Wildman–Crippen MR) is 108 cm³/mol. The van der Waals surface area contributed by atoms with E-state index >= 15 is 0 Å². The van der Waals surface area contributed by atoms with Crippen LogP contribution in [0.2, 0.25) is 0 Å². The molecule has 156 valence electrons. The zero-order valence-corrected chi connectivity index (χ0v) is 16.8. The van der Waals surface area contributed by atoms with E-state index in [1.165, 1.54) is 6.20 Å². The number of nitrogens with zero attached hydrogens (tertiary/aromatic N) is 1. The molecular formula is C21H27N3O5. The summed E-state index contributed by atoms with van der Waals surface area (Å²) in [5, 5.41) is 14.8. The predicted octanol–water partition coefficient (Wildman–Crippen LogP) is 3.26. The van der Waals surface area contributed by atoms with Crippen molar-refractivity contribution in [3.8, 4) is 0 Å². The second-order valence-electron chi connectivity index (χ2n) is 7.45. The van der Waals surface area contributed by atoms with Crippen molar-refractivity contribution in [3.63, 3.8) is 0 Å². The van der Waals surface area contributed by atoms with Crippen LogP contribution >= 0.6 is 0 Å². The van der Waals surface area contributed by atoms with E-state index in [2.05, 4.69) is 15.6 Å². The van der Waals surface area contributed by atoms with E-state index < -0.39 is 23.8 Å². The van der Waals surface area contributed by atoms with Gasteiger partial charge < -0.3 is 19.9 Å². The highest BCUT2D eigenvalue weighted by Gasteiger charge is 2.20. The highest BCUT2D eigenvalue weighted by Crippen LogP contribution is 2.12. The van der Waals surface area contributed by atoms with Crippen molar-refractivity contribution >= 4 is 17.9 Å². The number of anilines is 1. The fourth-order valence-corrected chi connectivity index (χ4v) is 2.43. The van der Waals surface area contributed by atoms with Gasteiger partial charge in [0.15, 0.2) is 0 Å². The molecule has 0 aliphatic rings. The van der Waals surface area contributed by atoms with Crippen LogP contribution in [-0.2, 0) is 22.5 Å². The molecule has 1 aromatic heterocycles. The summed E-state index contributed by atoms with van der Waals surface area (Å²) in [5.41, 5.74) is 1.34. The Morgan fingerprint density at radius 1 is 1.14 bits per heavy atom.